The summed E-state index contributed by atoms with van der Waals surface area (Å²) in [5, 5.41) is 2.87. The molecule has 0 aliphatic carbocycles. The molecule has 9 heteroatoms. The van der Waals surface area contributed by atoms with E-state index in [4.69, 9.17) is 4.42 Å². The van der Waals surface area contributed by atoms with E-state index >= 15 is 0 Å². The van der Waals surface area contributed by atoms with Crippen molar-refractivity contribution in [1.29, 1.82) is 0 Å². The lowest BCUT2D eigenvalue weighted by Gasteiger charge is -2.31. The van der Waals surface area contributed by atoms with Crippen molar-refractivity contribution in [3.63, 3.8) is 0 Å². The van der Waals surface area contributed by atoms with Gasteiger partial charge >= 0.3 is 5.76 Å². The zero-order chi connectivity index (χ0) is 21.5. The first-order valence-electron chi connectivity index (χ1n) is 9.73. The van der Waals surface area contributed by atoms with Crippen molar-refractivity contribution in [2.75, 3.05) is 18.4 Å². The van der Waals surface area contributed by atoms with Gasteiger partial charge in [0.05, 0.1) is 16.3 Å². The van der Waals surface area contributed by atoms with Crippen LogP contribution in [0.5, 0.6) is 0 Å². The summed E-state index contributed by atoms with van der Waals surface area (Å²) in [5.41, 5.74) is 2.52. The second-order valence-corrected chi connectivity index (χ2v) is 9.55. The lowest BCUT2D eigenvalue weighted by Crippen LogP contribution is -2.43. The van der Waals surface area contributed by atoms with Gasteiger partial charge in [-0.05, 0) is 44.0 Å². The predicted octanol–water partition coefficient (Wildman–Crippen LogP) is 2.48. The van der Waals surface area contributed by atoms with Gasteiger partial charge in [0, 0.05) is 31.9 Å². The molecular formula is C21H23N3O5S. The summed E-state index contributed by atoms with van der Waals surface area (Å²) in [6, 6.07) is 11.8. The second kappa shape index (κ2) is 7.73. The Hall–Kier alpha value is -2.91. The van der Waals surface area contributed by atoms with Crippen molar-refractivity contribution < 1.29 is 17.6 Å². The highest BCUT2D eigenvalue weighted by Gasteiger charge is 2.33. The van der Waals surface area contributed by atoms with Crippen LogP contribution in [0, 0.1) is 12.8 Å². The molecule has 1 fully saturated rings. The summed E-state index contributed by atoms with van der Waals surface area (Å²) in [6.45, 7) is 2.41. The first-order valence-corrected chi connectivity index (χ1v) is 11.2. The van der Waals surface area contributed by atoms with E-state index in [0.29, 0.717) is 30.6 Å². The average Bonchev–Trinajstić information content (AvgIpc) is 3.03. The molecule has 3 aromatic rings. The summed E-state index contributed by atoms with van der Waals surface area (Å²) in [5.74, 6) is -1.18. The van der Waals surface area contributed by atoms with Crippen LogP contribution in [0.25, 0.3) is 11.1 Å². The fourth-order valence-corrected chi connectivity index (χ4v) is 5.22. The molecule has 2 aromatic carbocycles. The van der Waals surface area contributed by atoms with Gasteiger partial charge in [-0.15, -0.1) is 0 Å². The lowest BCUT2D eigenvalue weighted by atomic mass is 9.98. The van der Waals surface area contributed by atoms with Crippen LogP contribution >= 0.6 is 0 Å². The third kappa shape index (κ3) is 3.78. The molecule has 2 heterocycles. The second-order valence-electron chi connectivity index (χ2n) is 7.61. The Morgan fingerprint density at radius 2 is 1.90 bits per heavy atom. The monoisotopic (exact) mass is 429 g/mol. The normalized spacial score (nSPS) is 17.9. The molecule has 158 valence electrons. The van der Waals surface area contributed by atoms with Gasteiger partial charge in [-0.2, -0.15) is 4.31 Å². The van der Waals surface area contributed by atoms with E-state index in [-0.39, 0.29) is 22.9 Å². The molecule has 1 N–H and O–H groups in total. The van der Waals surface area contributed by atoms with Crippen molar-refractivity contribution in [2.24, 2.45) is 13.0 Å². The van der Waals surface area contributed by atoms with Crippen LogP contribution in [0.4, 0.5) is 5.69 Å². The highest BCUT2D eigenvalue weighted by Crippen LogP contribution is 2.26. The number of rotatable bonds is 4. The number of benzene rings is 2. The molecule has 1 atom stereocenters. The van der Waals surface area contributed by atoms with E-state index in [0.717, 1.165) is 5.56 Å². The SMILES string of the molecule is Cc1ccc(NC(=O)[C@@H]2CCCN(S(=O)(=O)c3ccc4c(c3)oc(=O)n4C)C2)cc1. The van der Waals surface area contributed by atoms with Crippen molar-refractivity contribution in [3.8, 4) is 0 Å². The Morgan fingerprint density at radius 1 is 1.17 bits per heavy atom. The standard InChI is InChI=1S/C21H23N3O5S/c1-14-5-7-16(8-6-14)22-20(25)15-4-3-11-24(13-15)30(27,28)17-9-10-18-19(12-17)29-21(26)23(18)2/h5-10,12,15H,3-4,11,13H2,1-2H3,(H,22,25)/t15-/m1/s1. The quantitative estimate of drug-likeness (QED) is 0.687. The van der Waals surface area contributed by atoms with Crippen molar-refractivity contribution in [3.05, 3.63) is 58.6 Å². The van der Waals surface area contributed by atoms with E-state index in [9.17, 15) is 18.0 Å². The Balaban J connectivity index is 1.53. The number of aryl methyl sites for hydroxylation is 2. The highest BCUT2D eigenvalue weighted by molar-refractivity contribution is 7.89. The molecule has 1 aliphatic heterocycles. The molecular weight excluding hydrogens is 406 g/mol. The average molecular weight is 429 g/mol. The van der Waals surface area contributed by atoms with Crippen LogP contribution in [0.15, 0.2) is 56.6 Å². The largest absolute Gasteiger partial charge is 0.419 e. The van der Waals surface area contributed by atoms with Gasteiger partial charge in [0.1, 0.15) is 0 Å². The Morgan fingerprint density at radius 3 is 2.63 bits per heavy atom. The maximum Gasteiger partial charge on any atom is 0.419 e. The third-order valence-corrected chi connectivity index (χ3v) is 7.34. The van der Waals surface area contributed by atoms with Crippen LogP contribution < -0.4 is 11.1 Å². The summed E-state index contributed by atoms with van der Waals surface area (Å²) >= 11 is 0. The summed E-state index contributed by atoms with van der Waals surface area (Å²) in [7, 11) is -2.26. The molecule has 1 saturated heterocycles. The number of amides is 1. The Bertz CT molecular complexity index is 1260. The van der Waals surface area contributed by atoms with Gasteiger partial charge in [0.2, 0.25) is 15.9 Å². The highest BCUT2D eigenvalue weighted by atomic mass is 32.2. The minimum absolute atomic E-state index is 0.0453. The molecule has 0 unspecified atom stereocenters. The van der Waals surface area contributed by atoms with Crippen molar-refractivity contribution >= 4 is 32.7 Å². The molecule has 1 aromatic heterocycles. The van der Waals surface area contributed by atoms with E-state index < -0.39 is 21.7 Å². The predicted molar refractivity (Wildman–Crippen MR) is 113 cm³/mol. The van der Waals surface area contributed by atoms with Crippen LogP contribution in [-0.2, 0) is 21.9 Å². The molecule has 0 spiro atoms. The molecule has 0 bridgehead atoms. The van der Waals surface area contributed by atoms with Gasteiger partial charge in [0.15, 0.2) is 5.58 Å². The molecule has 0 saturated carbocycles. The number of hydrogen-bond donors (Lipinski definition) is 1. The number of carbonyl (C=O) groups excluding carboxylic acids is 1. The number of fused-ring (bicyclic) bond motifs is 1. The number of carbonyl (C=O) groups is 1. The molecule has 8 nitrogen and oxygen atoms in total. The van der Waals surface area contributed by atoms with E-state index in [1.807, 2.05) is 31.2 Å². The first kappa shape index (κ1) is 20.4. The molecule has 1 amide bonds. The number of anilines is 1. The minimum Gasteiger partial charge on any atom is -0.408 e. The summed E-state index contributed by atoms with van der Waals surface area (Å²) < 4.78 is 34.1. The Labute approximate surface area is 174 Å². The van der Waals surface area contributed by atoms with Crippen LogP contribution in [0.1, 0.15) is 18.4 Å². The van der Waals surface area contributed by atoms with Crippen LogP contribution in [-0.4, -0.2) is 36.3 Å². The third-order valence-electron chi connectivity index (χ3n) is 5.48. The molecule has 0 radical (unpaired) electrons. The Kier molecular flexibility index (Phi) is 5.25. The van der Waals surface area contributed by atoms with Crippen molar-refractivity contribution in [2.45, 2.75) is 24.7 Å². The molecule has 30 heavy (non-hydrogen) atoms. The minimum atomic E-state index is -3.82. The number of piperidine rings is 1. The number of nitrogens with zero attached hydrogens (tertiary/aromatic N) is 2. The fourth-order valence-electron chi connectivity index (χ4n) is 3.68. The van der Waals surface area contributed by atoms with Gasteiger partial charge in [-0.3, -0.25) is 9.36 Å². The summed E-state index contributed by atoms with van der Waals surface area (Å²) in [4.78, 5) is 24.4. The van der Waals surface area contributed by atoms with Crippen LogP contribution in [0.2, 0.25) is 0 Å². The molecule has 1 aliphatic rings. The van der Waals surface area contributed by atoms with E-state index in [2.05, 4.69) is 5.32 Å². The van der Waals surface area contributed by atoms with Gasteiger partial charge in [0.25, 0.3) is 0 Å². The maximum absolute atomic E-state index is 13.2. The number of sulfonamides is 1. The topological polar surface area (TPSA) is 102 Å². The zero-order valence-electron chi connectivity index (χ0n) is 16.8. The fraction of sp³-hybridized carbons (Fsp3) is 0.333. The number of nitrogens with one attached hydrogen (secondary N) is 1. The number of oxazole rings is 1. The van der Waals surface area contributed by atoms with Gasteiger partial charge in [-0.1, -0.05) is 17.7 Å². The molecule has 4 rings (SSSR count). The van der Waals surface area contributed by atoms with E-state index in [1.165, 1.54) is 21.0 Å². The van der Waals surface area contributed by atoms with Crippen LogP contribution in [0.3, 0.4) is 0 Å². The number of aromatic nitrogens is 1. The lowest BCUT2D eigenvalue weighted by molar-refractivity contribution is -0.120. The van der Waals surface area contributed by atoms with E-state index in [1.54, 1.807) is 13.1 Å². The van der Waals surface area contributed by atoms with Gasteiger partial charge < -0.3 is 9.73 Å². The summed E-state index contributed by atoms with van der Waals surface area (Å²) in [6.07, 6.45) is 1.21. The van der Waals surface area contributed by atoms with Crippen molar-refractivity contribution in [1.82, 2.24) is 8.87 Å². The van der Waals surface area contributed by atoms with Gasteiger partial charge in [-0.25, -0.2) is 13.2 Å². The zero-order valence-corrected chi connectivity index (χ0v) is 17.6. The smallest absolute Gasteiger partial charge is 0.408 e. The first-order chi connectivity index (χ1) is 14.3. The number of hydrogen-bond acceptors (Lipinski definition) is 5. The maximum atomic E-state index is 13.2.